The van der Waals surface area contributed by atoms with E-state index < -0.39 is 20.6 Å². The van der Waals surface area contributed by atoms with Crippen molar-refractivity contribution in [2.75, 3.05) is 0 Å². The lowest BCUT2D eigenvalue weighted by Crippen LogP contribution is -2.31. The molecule has 0 atom stereocenters. The first-order chi connectivity index (χ1) is 9.54. The largest absolute Gasteiger partial charge is 0.246 e. The zero-order chi connectivity index (χ0) is 14.3. The van der Waals surface area contributed by atoms with Gasteiger partial charge in [0.1, 0.15) is 0 Å². The second-order valence-corrected chi connectivity index (χ2v) is 7.10. The number of benzene rings is 1. The Hall–Kier alpha value is -1.77. The van der Waals surface area contributed by atoms with E-state index in [1.165, 1.54) is 23.5 Å². The Labute approximate surface area is 120 Å². The number of nitrogens with zero attached hydrogens (tertiary/aromatic N) is 1. The number of aromatic nitrogens is 1. The summed E-state index contributed by atoms with van der Waals surface area (Å²) in [5, 5.41) is 0.729. The molecule has 0 bridgehead atoms. The molecule has 20 heavy (non-hydrogen) atoms. The summed E-state index contributed by atoms with van der Waals surface area (Å²) in [6.07, 6.45) is 3.67. The SMILES string of the molecule is O=S(=O)=C1C=c2sc3cc(=S(=O)=O)ccc-3nc2=CC1. The number of hydrogen-bond donors (Lipinski definition) is 0. The molecule has 5 nitrogen and oxygen atoms in total. The van der Waals surface area contributed by atoms with Gasteiger partial charge in [-0.25, -0.2) is 4.98 Å². The van der Waals surface area contributed by atoms with Crippen molar-refractivity contribution in [1.29, 1.82) is 0 Å². The van der Waals surface area contributed by atoms with Gasteiger partial charge in [0.05, 0.1) is 29.8 Å². The van der Waals surface area contributed by atoms with Crippen molar-refractivity contribution in [3.63, 3.8) is 0 Å². The van der Waals surface area contributed by atoms with Gasteiger partial charge in [-0.2, -0.15) is 16.8 Å². The Morgan fingerprint density at radius 3 is 2.60 bits per heavy atom. The second-order valence-electron chi connectivity index (χ2n) is 4.08. The van der Waals surface area contributed by atoms with Gasteiger partial charge < -0.3 is 0 Å². The maximum Gasteiger partial charge on any atom is 0.221 e. The van der Waals surface area contributed by atoms with Gasteiger partial charge in [0.25, 0.3) is 0 Å². The van der Waals surface area contributed by atoms with Crippen molar-refractivity contribution in [3.8, 4) is 10.6 Å². The van der Waals surface area contributed by atoms with Crippen LogP contribution in [0.5, 0.6) is 0 Å². The molecule has 3 aliphatic rings. The van der Waals surface area contributed by atoms with Gasteiger partial charge >= 0.3 is 0 Å². The van der Waals surface area contributed by atoms with Crippen LogP contribution in [0.25, 0.3) is 22.7 Å². The molecule has 0 N–H and O–H groups in total. The molecular formula is C12H7NO4S3. The second kappa shape index (κ2) is 4.97. The summed E-state index contributed by atoms with van der Waals surface area (Å²) >= 11 is 1.33. The Morgan fingerprint density at radius 2 is 1.90 bits per heavy atom. The molecule has 102 valence electrons. The first kappa shape index (κ1) is 13.2. The summed E-state index contributed by atoms with van der Waals surface area (Å²) < 4.78 is 44.8. The lowest BCUT2D eigenvalue weighted by molar-refractivity contribution is 0.624. The van der Waals surface area contributed by atoms with E-state index >= 15 is 0 Å². The average molecular weight is 325 g/mol. The molecule has 0 radical (unpaired) electrons. The molecule has 0 aromatic carbocycles. The third-order valence-corrected chi connectivity index (χ3v) is 5.29. The molecule has 0 spiro atoms. The molecule has 0 fully saturated rings. The van der Waals surface area contributed by atoms with Crippen LogP contribution >= 0.6 is 11.3 Å². The minimum atomic E-state index is -2.29. The van der Waals surface area contributed by atoms with Crippen LogP contribution in [-0.4, -0.2) is 26.7 Å². The van der Waals surface area contributed by atoms with Gasteiger partial charge in [0.15, 0.2) is 0 Å². The molecule has 0 saturated carbocycles. The van der Waals surface area contributed by atoms with Crippen LogP contribution < -0.4 is 9.88 Å². The summed E-state index contributed by atoms with van der Waals surface area (Å²) in [5.74, 6) is 0. The molecule has 0 amide bonds. The topological polar surface area (TPSA) is 81.2 Å². The van der Waals surface area contributed by atoms with Crippen molar-refractivity contribution in [1.82, 2.24) is 4.98 Å². The molecule has 0 aromatic rings. The van der Waals surface area contributed by atoms with Crippen LogP contribution in [0.1, 0.15) is 6.42 Å². The van der Waals surface area contributed by atoms with E-state index in [0.29, 0.717) is 21.9 Å². The lowest BCUT2D eigenvalue weighted by atomic mass is 10.2. The molecule has 8 heteroatoms. The van der Waals surface area contributed by atoms with Crippen LogP contribution in [0.3, 0.4) is 0 Å². The van der Waals surface area contributed by atoms with E-state index in [9.17, 15) is 16.8 Å². The van der Waals surface area contributed by atoms with E-state index in [4.69, 9.17) is 0 Å². The van der Waals surface area contributed by atoms with Crippen molar-refractivity contribution < 1.29 is 16.8 Å². The Kier molecular flexibility index (Phi) is 3.28. The third-order valence-electron chi connectivity index (χ3n) is 2.84. The Balaban J connectivity index is 2.48. The zero-order valence-electron chi connectivity index (χ0n) is 9.90. The predicted octanol–water partition coefficient (Wildman–Crippen LogP) is -0.325. The van der Waals surface area contributed by atoms with Gasteiger partial charge in [0.2, 0.25) is 20.6 Å². The molecule has 0 aromatic heterocycles. The van der Waals surface area contributed by atoms with Crippen molar-refractivity contribution >= 4 is 48.9 Å². The summed E-state index contributed by atoms with van der Waals surface area (Å²) in [6.45, 7) is 0. The summed E-state index contributed by atoms with van der Waals surface area (Å²) in [6, 6.07) is 4.68. The van der Waals surface area contributed by atoms with Gasteiger partial charge in [-0.05, 0) is 24.3 Å². The highest BCUT2D eigenvalue weighted by atomic mass is 32.2. The van der Waals surface area contributed by atoms with Crippen molar-refractivity contribution in [2.24, 2.45) is 0 Å². The molecule has 1 heterocycles. The smallest absolute Gasteiger partial charge is 0.221 e. The molecular weight excluding hydrogens is 318 g/mol. The summed E-state index contributed by atoms with van der Waals surface area (Å²) in [4.78, 5) is 5.42. The van der Waals surface area contributed by atoms with Gasteiger partial charge in [0, 0.05) is 6.42 Å². The maximum absolute atomic E-state index is 11.0. The number of fused-ring (bicyclic) bond motifs is 2. The van der Waals surface area contributed by atoms with Crippen LogP contribution in [0.15, 0.2) is 18.2 Å². The zero-order valence-corrected chi connectivity index (χ0v) is 12.3. The normalized spacial score (nSPS) is 13.3. The van der Waals surface area contributed by atoms with E-state index in [1.807, 2.05) is 0 Å². The van der Waals surface area contributed by atoms with Crippen molar-refractivity contribution in [2.45, 2.75) is 6.42 Å². The van der Waals surface area contributed by atoms with Crippen LogP contribution in [0.2, 0.25) is 0 Å². The minimum absolute atomic E-state index is 0.187. The van der Waals surface area contributed by atoms with E-state index in [2.05, 4.69) is 4.98 Å². The Bertz CT molecular complexity index is 1110. The third kappa shape index (κ3) is 2.33. The monoisotopic (exact) mass is 325 g/mol. The highest BCUT2D eigenvalue weighted by Gasteiger charge is 2.09. The van der Waals surface area contributed by atoms with E-state index in [1.54, 1.807) is 18.2 Å². The van der Waals surface area contributed by atoms with E-state index in [-0.39, 0.29) is 4.51 Å². The first-order valence-corrected chi connectivity index (χ1v) is 8.51. The highest BCUT2D eigenvalue weighted by Crippen LogP contribution is 2.19. The number of rotatable bonds is 0. The van der Waals surface area contributed by atoms with E-state index in [0.717, 1.165) is 9.88 Å². The molecule has 2 aliphatic carbocycles. The van der Waals surface area contributed by atoms with Gasteiger partial charge in [-0.1, -0.05) is 6.08 Å². The van der Waals surface area contributed by atoms with Gasteiger partial charge in [-0.3, -0.25) is 0 Å². The van der Waals surface area contributed by atoms with Crippen LogP contribution in [0, 0.1) is 4.51 Å². The van der Waals surface area contributed by atoms with Crippen molar-refractivity contribution in [3.05, 3.63) is 32.6 Å². The lowest BCUT2D eigenvalue weighted by Gasteiger charge is -2.05. The fraction of sp³-hybridized carbons (Fsp3) is 0.0833. The standard InChI is InChI=1S/C12H7NO4S3/c14-19(15)7-1-3-9-11(5-7)18-12-6-8(20(16)17)2-4-10(12)13-9/h1,3-6H,2H2. The fourth-order valence-electron chi connectivity index (χ4n) is 1.90. The fourth-order valence-corrected chi connectivity index (χ4v) is 3.95. The predicted molar refractivity (Wildman–Crippen MR) is 77.6 cm³/mol. The summed E-state index contributed by atoms with van der Waals surface area (Å²) in [7, 11) is -4.54. The Morgan fingerprint density at radius 1 is 1.10 bits per heavy atom. The highest BCUT2D eigenvalue weighted by molar-refractivity contribution is 7.73. The molecule has 0 unspecified atom stereocenters. The molecule has 1 aliphatic heterocycles. The maximum atomic E-state index is 11.0. The quantitative estimate of drug-likeness (QED) is 0.620. The minimum Gasteiger partial charge on any atom is -0.246 e. The summed E-state index contributed by atoms with van der Waals surface area (Å²) in [5.41, 5.74) is 0.694. The number of hydrogen-bond acceptors (Lipinski definition) is 6. The molecule has 3 rings (SSSR count). The van der Waals surface area contributed by atoms with Crippen LogP contribution in [0.4, 0.5) is 0 Å². The van der Waals surface area contributed by atoms with Crippen LogP contribution in [-0.2, 0) is 20.6 Å². The molecule has 0 saturated heterocycles. The first-order valence-electron chi connectivity index (χ1n) is 5.55. The average Bonchev–Trinajstić information content (AvgIpc) is 2.43. The van der Waals surface area contributed by atoms with Gasteiger partial charge in [-0.15, -0.1) is 11.3 Å².